The third-order valence-electron chi connectivity index (χ3n) is 6.05. The number of likely N-dealkylation sites (tertiary alicyclic amines) is 1. The van der Waals surface area contributed by atoms with E-state index in [4.69, 9.17) is 14.7 Å². The van der Waals surface area contributed by atoms with Gasteiger partial charge in [0.05, 0.1) is 19.8 Å². The average molecular weight is 342 g/mol. The number of hydrogen-bond acceptors (Lipinski definition) is 6. The summed E-state index contributed by atoms with van der Waals surface area (Å²) in [4.78, 5) is 19.2. The van der Waals surface area contributed by atoms with Crippen molar-refractivity contribution in [3.8, 4) is 0 Å². The van der Waals surface area contributed by atoms with E-state index in [1.807, 2.05) is 6.92 Å². The summed E-state index contributed by atoms with van der Waals surface area (Å²) in [7, 11) is 2.09. The minimum atomic E-state index is 0.653. The zero-order chi connectivity index (χ0) is 17.0. The maximum atomic E-state index is 5.49. The van der Waals surface area contributed by atoms with Gasteiger partial charge in [-0.05, 0) is 38.1 Å². The minimum Gasteiger partial charge on any atom is -0.378 e. The second-order valence-electron chi connectivity index (χ2n) is 7.91. The van der Waals surface area contributed by atoms with Crippen molar-refractivity contribution in [3.63, 3.8) is 0 Å². The maximum Gasteiger partial charge on any atom is 0.165 e. The molecule has 0 radical (unpaired) electrons. The second kappa shape index (κ2) is 5.64. The van der Waals surface area contributed by atoms with Crippen molar-refractivity contribution in [2.75, 3.05) is 44.3 Å². The molecule has 0 bridgehead atoms. The van der Waals surface area contributed by atoms with Crippen LogP contribution in [0, 0.1) is 12.3 Å². The summed E-state index contributed by atoms with van der Waals surface area (Å²) in [5, 5.41) is 0. The molecule has 0 N–H and O–H groups in total. The number of anilines is 1. The zero-order valence-corrected chi connectivity index (χ0v) is 15.2. The highest BCUT2D eigenvalue weighted by Gasteiger charge is 2.47. The number of aromatic nitrogens is 4. The molecule has 2 aromatic heterocycles. The van der Waals surface area contributed by atoms with E-state index in [1.165, 1.54) is 32.4 Å². The molecule has 7 heteroatoms. The van der Waals surface area contributed by atoms with E-state index >= 15 is 0 Å². The van der Waals surface area contributed by atoms with Crippen LogP contribution in [0.2, 0.25) is 0 Å². The fourth-order valence-corrected chi connectivity index (χ4v) is 4.28. The van der Waals surface area contributed by atoms with Crippen molar-refractivity contribution in [2.45, 2.75) is 32.7 Å². The van der Waals surface area contributed by atoms with Crippen molar-refractivity contribution in [1.82, 2.24) is 24.4 Å². The molecule has 134 valence electrons. The molecule has 0 atom stereocenters. The summed E-state index contributed by atoms with van der Waals surface area (Å²) in [6, 6.07) is 0. The van der Waals surface area contributed by atoms with Gasteiger partial charge in [-0.15, -0.1) is 0 Å². The predicted octanol–water partition coefficient (Wildman–Crippen LogP) is 1.49. The van der Waals surface area contributed by atoms with E-state index in [0.717, 1.165) is 61.5 Å². The van der Waals surface area contributed by atoms with Gasteiger partial charge in [-0.2, -0.15) is 0 Å². The second-order valence-corrected chi connectivity index (χ2v) is 7.91. The normalized spacial score (nSPS) is 23.0. The van der Waals surface area contributed by atoms with Crippen molar-refractivity contribution in [1.29, 1.82) is 0 Å². The number of aryl methyl sites for hydroxylation is 2. The molecule has 25 heavy (non-hydrogen) atoms. The molecular weight excluding hydrogens is 316 g/mol. The van der Waals surface area contributed by atoms with Gasteiger partial charge < -0.3 is 14.2 Å². The Morgan fingerprint density at radius 3 is 2.56 bits per heavy atom. The van der Waals surface area contributed by atoms with Crippen LogP contribution in [0.25, 0.3) is 11.2 Å². The average Bonchev–Trinajstić information content (AvgIpc) is 3.16. The number of hydrogen-bond donors (Lipinski definition) is 0. The van der Waals surface area contributed by atoms with Crippen LogP contribution >= 0.6 is 0 Å². The summed E-state index contributed by atoms with van der Waals surface area (Å²) in [5.41, 5.74) is 2.54. The molecule has 1 aliphatic carbocycles. The van der Waals surface area contributed by atoms with Gasteiger partial charge in [-0.1, -0.05) is 0 Å². The SMILES string of the molecule is Cc1nc(N2CCOCC2)c2nc(CN3CCC4(CC4)C3)n(C)c2n1. The van der Waals surface area contributed by atoms with Gasteiger partial charge in [-0.25, -0.2) is 15.0 Å². The van der Waals surface area contributed by atoms with Crippen LogP contribution < -0.4 is 4.90 Å². The Balaban J connectivity index is 1.49. The third kappa shape index (κ3) is 2.69. The first-order valence-electron chi connectivity index (χ1n) is 9.39. The lowest BCUT2D eigenvalue weighted by Crippen LogP contribution is -2.37. The van der Waals surface area contributed by atoms with Crippen LogP contribution in [0.3, 0.4) is 0 Å². The number of imidazole rings is 1. The highest BCUT2D eigenvalue weighted by Crippen LogP contribution is 2.52. The van der Waals surface area contributed by atoms with Gasteiger partial charge in [0.25, 0.3) is 0 Å². The predicted molar refractivity (Wildman–Crippen MR) is 95.6 cm³/mol. The van der Waals surface area contributed by atoms with E-state index in [2.05, 4.69) is 26.4 Å². The molecule has 4 heterocycles. The number of ether oxygens (including phenoxy) is 1. The first-order valence-corrected chi connectivity index (χ1v) is 9.39. The van der Waals surface area contributed by atoms with Gasteiger partial charge in [0.2, 0.25) is 0 Å². The molecule has 3 aliphatic rings. The largest absolute Gasteiger partial charge is 0.378 e. The van der Waals surface area contributed by atoms with Crippen LogP contribution in [0.4, 0.5) is 5.82 Å². The van der Waals surface area contributed by atoms with Crippen molar-refractivity contribution in [3.05, 3.63) is 11.6 Å². The Labute approximate surface area is 148 Å². The Morgan fingerprint density at radius 2 is 1.84 bits per heavy atom. The molecule has 0 aromatic carbocycles. The highest BCUT2D eigenvalue weighted by molar-refractivity contribution is 5.84. The molecule has 3 fully saturated rings. The van der Waals surface area contributed by atoms with Crippen LogP contribution in [-0.2, 0) is 18.3 Å². The fourth-order valence-electron chi connectivity index (χ4n) is 4.28. The molecule has 5 rings (SSSR count). The van der Waals surface area contributed by atoms with Gasteiger partial charge in [-0.3, -0.25) is 4.90 Å². The smallest absolute Gasteiger partial charge is 0.165 e. The summed E-state index contributed by atoms with van der Waals surface area (Å²) in [6.45, 7) is 8.55. The zero-order valence-electron chi connectivity index (χ0n) is 15.2. The lowest BCUT2D eigenvalue weighted by Gasteiger charge is -2.27. The van der Waals surface area contributed by atoms with Crippen LogP contribution in [0.1, 0.15) is 30.9 Å². The lowest BCUT2D eigenvalue weighted by molar-refractivity contribution is 0.122. The van der Waals surface area contributed by atoms with E-state index in [9.17, 15) is 0 Å². The minimum absolute atomic E-state index is 0.653. The molecule has 7 nitrogen and oxygen atoms in total. The van der Waals surface area contributed by atoms with Crippen LogP contribution in [0.15, 0.2) is 0 Å². The van der Waals surface area contributed by atoms with E-state index < -0.39 is 0 Å². The summed E-state index contributed by atoms with van der Waals surface area (Å²) in [5.74, 6) is 2.87. The topological polar surface area (TPSA) is 59.3 Å². The Bertz CT molecular complexity index is 805. The van der Waals surface area contributed by atoms with Crippen LogP contribution in [-0.4, -0.2) is 63.8 Å². The van der Waals surface area contributed by atoms with Gasteiger partial charge in [0.1, 0.15) is 11.6 Å². The molecule has 0 unspecified atom stereocenters. The van der Waals surface area contributed by atoms with E-state index in [1.54, 1.807) is 0 Å². The molecule has 2 saturated heterocycles. The van der Waals surface area contributed by atoms with Gasteiger partial charge in [0.15, 0.2) is 17.0 Å². The molecule has 1 spiro atoms. The molecule has 2 aliphatic heterocycles. The molecular formula is C18H26N6O. The first kappa shape index (κ1) is 15.5. The Morgan fingerprint density at radius 1 is 1.04 bits per heavy atom. The van der Waals surface area contributed by atoms with Crippen molar-refractivity contribution >= 4 is 17.0 Å². The van der Waals surface area contributed by atoms with Crippen molar-refractivity contribution < 1.29 is 4.74 Å². The van der Waals surface area contributed by atoms with E-state index in [0.29, 0.717) is 5.41 Å². The third-order valence-corrected chi connectivity index (χ3v) is 6.05. The monoisotopic (exact) mass is 342 g/mol. The van der Waals surface area contributed by atoms with Gasteiger partial charge in [0, 0.05) is 26.7 Å². The van der Waals surface area contributed by atoms with Gasteiger partial charge >= 0.3 is 0 Å². The quantitative estimate of drug-likeness (QED) is 0.842. The molecule has 2 aromatic rings. The number of morpholine rings is 1. The van der Waals surface area contributed by atoms with Crippen molar-refractivity contribution in [2.24, 2.45) is 12.5 Å². The first-order chi connectivity index (χ1) is 12.1. The standard InChI is InChI=1S/C18H26N6O/c1-13-19-16-15(17(20-13)24-7-9-25-10-8-24)21-14(22(16)2)11-23-6-5-18(12-23)3-4-18/h3-12H2,1-2H3. The number of nitrogens with zero attached hydrogens (tertiary/aromatic N) is 6. The lowest BCUT2D eigenvalue weighted by atomic mass is 10.1. The maximum absolute atomic E-state index is 5.49. The number of fused-ring (bicyclic) bond motifs is 1. The molecule has 0 amide bonds. The highest BCUT2D eigenvalue weighted by atomic mass is 16.5. The number of rotatable bonds is 3. The van der Waals surface area contributed by atoms with Crippen LogP contribution in [0.5, 0.6) is 0 Å². The fraction of sp³-hybridized carbons (Fsp3) is 0.722. The summed E-state index contributed by atoms with van der Waals surface area (Å²) >= 11 is 0. The Hall–Kier alpha value is -1.73. The summed E-state index contributed by atoms with van der Waals surface area (Å²) in [6.07, 6.45) is 4.19. The molecule has 1 saturated carbocycles. The summed E-state index contributed by atoms with van der Waals surface area (Å²) < 4.78 is 7.65. The van der Waals surface area contributed by atoms with E-state index in [-0.39, 0.29) is 0 Å². The Kier molecular flexibility index (Phi) is 3.50.